The first-order valence-electron chi connectivity index (χ1n) is 7.20. The minimum atomic E-state index is -1.50. The van der Waals surface area contributed by atoms with Crippen LogP contribution in [0, 0.1) is 0 Å². The van der Waals surface area contributed by atoms with E-state index in [1.54, 1.807) is 12.1 Å². The Balaban J connectivity index is 1.94. The Bertz CT molecular complexity index is 1020. The Morgan fingerprint density at radius 3 is 2.39 bits per heavy atom. The lowest BCUT2D eigenvalue weighted by atomic mass is 9.79. The van der Waals surface area contributed by atoms with Crippen LogP contribution in [0.2, 0.25) is 0 Å². The molecule has 0 aliphatic heterocycles. The van der Waals surface area contributed by atoms with Gasteiger partial charge in [-0.1, -0.05) is 46.3 Å². The third-order valence-electron chi connectivity index (χ3n) is 3.93. The van der Waals surface area contributed by atoms with Gasteiger partial charge >= 0.3 is 7.12 Å². The minimum Gasteiger partial charge on any atom is -0.456 e. The Hall–Kier alpha value is -2.08. The lowest BCUT2D eigenvalue weighted by Crippen LogP contribution is -2.29. The van der Waals surface area contributed by atoms with Crippen LogP contribution in [0.1, 0.15) is 0 Å². The molecule has 3 aromatic carbocycles. The summed E-state index contributed by atoms with van der Waals surface area (Å²) in [5.41, 5.74) is 4.06. The van der Waals surface area contributed by atoms with Gasteiger partial charge in [0.25, 0.3) is 0 Å². The topological polar surface area (TPSA) is 53.6 Å². The zero-order valence-electron chi connectivity index (χ0n) is 12.0. The van der Waals surface area contributed by atoms with Gasteiger partial charge in [0.05, 0.1) is 0 Å². The van der Waals surface area contributed by atoms with Gasteiger partial charge in [0.15, 0.2) is 0 Å². The fourth-order valence-corrected chi connectivity index (χ4v) is 3.34. The molecule has 0 aliphatic carbocycles. The molecule has 4 rings (SSSR count). The molecule has 0 saturated carbocycles. The molecular formula is C18H12BBrO3. The average Bonchev–Trinajstić information content (AvgIpc) is 2.92. The maximum absolute atomic E-state index is 9.42. The predicted octanol–water partition coefficient (Wildman–Crippen LogP) is 3.70. The molecule has 112 valence electrons. The van der Waals surface area contributed by atoms with Gasteiger partial charge in [0.2, 0.25) is 0 Å². The van der Waals surface area contributed by atoms with Gasteiger partial charge in [-0.2, -0.15) is 0 Å². The Labute approximate surface area is 141 Å². The molecule has 0 unspecified atom stereocenters. The van der Waals surface area contributed by atoms with E-state index in [2.05, 4.69) is 22.0 Å². The third kappa shape index (κ3) is 2.57. The fourth-order valence-electron chi connectivity index (χ4n) is 2.83. The standard InChI is InChI=1S/C18H12BBrO3/c20-14-8-12(7-13(10-14)19(21)22)11-5-6-18-16(9-11)15-3-1-2-4-17(15)23-18/h1-10,21-22H. The maximum atomic E-state index is 9.42. The van der Waals surface area contributed by atoms with Crippen molar-refractivity contribution in [3.05, 3.63) is 65.1 Å². The van der Waals surface area contributed by atoms with Gasteiger partial charge in [0, 0.05) is 15.2 Å². The predicted molar refractivity (Wildman–Crippen MR) is 96.7 cm³/mol. The second kappa shape index (κ2) is 5.53. The van der Waals surface area contributed by atoms with E-state index in [1.807, 2.05) is 42.5 Å². The van der Waals surface area contributed by atoms with Crippen molar-refractivity contribution in [2.75, 3.05) is 0 Å². The number of benzene rings is 3. The fraction of sp³-hybridized carbons (Fsp3) is 0. The Morgan fingerprint density at radius 1 is 0.783 bits per heavy atom. The van der Waals surface area contributed by atoms with Crippen LogP contribution in [-0.2, 0) is 0 Å². The molecule has 4 aromatic rings. The van der Waals surface area contributed by atoms with E-state index >= 15 is 0 Å². The molecule has 0 atom stereocenters. The van der Waals surface area contributed by atoms with Crippen LogP contribution < -0.4 is 5.46 Å². The van der Waals surface area contributed by atoms with Crippen LogP contribution >= 0.6 is 15.9 Å². The summed E-state index contributed by atoms with van der Waals surface area (Å²) in [5.74, 6) is 0. The monoisotopic (exact) mass is 366 g/mol. The van der Waals surface area contributed by atoms with Gasteiger partial charge in [-0.25, -0.2) is 0 Å². The van der Waals surface area contributed by atoms with Gasteiger partial charge in [0.1, 0.15) is 11.2 Å². The highest BCUT2D eigenvalue weighted by Crippen LogP contribution is 2.32. The summed E-state index contributed by atoms with van der Waals surface area (Å²) in [6.45, 7) is 0. The van der Waals surface area contributed by atoms with Crippen LogP contribution in [0.15, 0.2) is 69.6 Å². The molecule has 0 fully saturated rings. The highest BCUT2D eigenvalue weighted by atomic mass is 79.9. The lowest BCUT2D eigenvalue weighted by Gasteiger charge is -2.07. The highest BCUT2D eigenvalue weighted by molar-refractivity contribution is 9.10. The van der Waals surface area contributed by atoms with Crippen LogP contribution in [0.4, 0.5) is 0 Å². The number of hydrogen-bond acceptors (Lipinski definition) is 3. The molecular weight excluding hydrogens is 355 g/mol. The first-order valence-corrected chi connectivity index (χ1v) is 7.99. The third-order valence-corrected chi connectivity index (χ3v) is 4.39. The molecule has 0 bridgehead atoms. The number of fused-ring (bicyclic) bond motifs is 3. The molecule has 0 aliphatic rings. The van der Waals surface area contributed by atoms with Crippen molar-refractivity contribution in [3.63, 3.8) is 0 Å². The average molecular weight is 367 g/mol. The van der Waals surface area contributed by atoms with E-state index in [9.17, 15) is 10.0 Å². The number of halogens is 1. The summed E-state index contributed by atoms with van der Waals surface area (Å²) < 4.78 is 6.64. The summed E-state index contributed by atoms with van der Waals surface area (Å²) in [6.07, 6.45) is 0. The van der Waals surface area contributed by atoms with E-state index in [4.69, 9.17) is 4.42 Å². The second-order valence-corrected chi connectivity index (χ2v) is 6.37. The van der Waals surface area contributed by atoms with Crippen molar-refractivity contribution in [1.29, 1.82) is 0 Å². The molecule has 0 spiro atoms. The molecule has 5 heteroatoms. The number of hydrogen-bond donors (Lipinski definition) is 2. The number of para-hydroxylation sites is 1. The van der Waals surface area contributed by atoms with Crippen molar-refractivity contribution in [2.45, 2.75) is 0 Å². The molecule has 0 amide bonds. The zero-order chi connectivity index (χ0) is 16.0. The highest BCUT2D eigenvalue weighted by Gasteiger charge is 2.14. The van der Waals surface area contributed by atoms with Gasteiger partial charge in [-0.15, -0.1) is 0 Å². The van der Waals surface area contributed by atoms with E-state index in [0.717, 1.165) is 37.5 Å². The van der Waals surface area contributed by atoms with Crippen molar-refractivity contribution in [2.24, 2.45) is 0 Å². The van der Waals surface area contributed by atoms with Crippen LogP contribution in [0.5, 0.6) is 0 Å². The largest absolute Gasteiger partial charge is 0.488 e. The van der Waals surface area contributed by atoms with Gasteiger partial charge < -0.3 is 14.5 Å². The van der Waals surface area contributed by atoms with E-state index < -0.39 is 7.12 Å². The minimum absolute atomic E-state index is 0.450. The molecule has 1 heterocycles. The van der Waals surface area contributed by atoms with E-state index in [1.165, 1.54) is 0 Å². The Morgan fingerprint density at radius 2 is 1.57 bits per heavy atom. The molecule has 1 aromatic heterocycles. The lowest BCUT2D eigenvalue weighted by molar-refractivity contribution is 0.426. The summed E-state index contributed by atoms with van der Waals surface area (Å²) in [4.78, 5) is 0. The maximum Gasteiger partial charge on any atom is 0.488 e. The molecule has 23 heavy (non-hydrogen) atoms. The Kier molecular flexibility index (Phi) is 3.49. The van der Waals surface area contributed by atoms with E-state index in [0.29, 0.717) is 5.46 Å². The van der Waals surface area contributed by atoms with Crippen molar-refractivity contribution >= 4 is 50.4 Å². The molecule has 0 radical (unpaired) electrons. The number of rotatable bonds is 2. The van der Waals surface area contributed by atoms with Crippen molar-refractivity contribution < 1.29 is 14.5 Å². The first-order chi connectivity index (χ1) is 11.1. The smallest absolute Gasteiger partial charge is 0.456 e. The normalized spacial score (nSPS) is 11.3. The molecule has 3 nitrogen and oxygen atoms in total. The molecule has 2 N–H and O–H groups in total. The van der Waals surface area contributed by atoms with Crippen LogP contribution in [0.3, 0.4) is 0 Å². The van der Waals surface area contributed by atoms with Crippen LogP contribution in [0.25, 0.3) is 33.1 Å². The SMILES string of the molecule is OB(O)c1cc(Br)cc(-c2ccc3oc4ccccc4c3c2)c1. The van der Waals surface area contributed by atoms with Gasteiger partial charge in [-0.05, 0) is 46.9 Å². The summed E-state index contributed by atoms with van der Waals surface area (Å²) in [6, 6.07) is 19.3. The van der Waals surface area contributed by atoms with Crippen molar-refractivity contribution in [3.8, 4) is 11.1 Å². The molecule has 0 saturated heterocycles. The summed E-state index contributed by atoms with van der Waals surface area (Å²) in [7, 11) is -1.50. The summed E-state index contributed by atoms with van der Waals surface area (Å²) >= 11 is 3.42. The quantitative estimate of drug-likeness (QED) is 0.532. The number of furan rings is 1. The summed E-state index contributed by atoms with van der Waals surface area (Å²) in [5, 5.41) is 21.0. The second-order valence-electron chi connectivity index (χ2n) is 5.46. The van der Waals surface area contributed by atoms with Gasteiger partial charge in [-0.3, -0.25) is 0 Å². The van der Waals surface area contributed by atoms with E-state index in [-0.39, 0.29) is 0 Å². The first kappa shape index (κ1) is 14.5. The zero-order valence-corrected chi connectivity index (χ0v) is 13.6. The van der Waals surface area contributed by atoms with Crippen LogP contribution in [-0.4, -0.2) is 17.2 Å². The van der Waals surface area contributed by atoms with Crippen molar-refractivity contribution in [1.82, 2.24) is 0 Å².